The maximum atomic E-state index is 16.1. The van der Waals surface area contributed by atoms with Crippen molar-refractivity contribution in [1.29, 1.82) is 0 Å². The standard InChI is InChI=1S/C32H29ClF2N2O5S/c1-4-5-13-42-21-11-12-22(24(35)16-21)30-31-25(17-32(2,3)18-43(31,40)41)36-29-26(7-6-8-27(29)38)37(30)28(39)14-19-9-10-20(34)15-23(19)33/h6-12,15-16,30,36,38H,13-14,17-18H2,1-3H3/t30-/m0/s1. The number of anilines is 2. The number of ether oxygens (including phenoxy) is 1. The molecule has 2 aliphatic rings. The van der Waals surface area contributed by atoms with Crippen molar-refractivity contribution in [1.82, 2.24) is 0 Å². The summed E-state index contributed by atoms with van der Waals surface area (Å²) in [5.74, 6) is 3.06. The first-order chi connectivity index (χ1) is 20.3. The van der Waals surface area contributed by atoms with Crippen molar-refractivity contribution in [3.63, 3.8) is 0 Å². The minimum atomic E-state index is -4.09. The zero-order valence-corrected chi connectivity index (χ0v) is 25.2. The first kappa shape index (κ1) is 30.4. The maximum absolute atomic E-state index is 16.1. The van der Waals surface area contributed by atoms with Gasteiger partial charge in [0.25, 0.3) is 0 Å². The number of aromatic hydroxyl groups is 1. The van der Waals surface area contributed by atoms with Gasteiger partial charge in [-0.3, -0.25) is 9.69 Å². The fourth-order valence-electron chi connectivity index (χ4n) is 5.58. The van der Waals surface area contributed by atoms with E-state index < -0.39 is 38.8 Å². The van der Waals surface area contributed by atoms with E-state index >= 15 is 4.39 Å². The van der Waals surface area contributed by atoms with Gasteiger partial charge in [0.2, 0.25) is 5.91 Å². The predicted molar refractivity (Wildman–Crippen MR) is 162 cm³/mol. The summed E-state index contributed by atoms with van der Waals surface area (Å²) in [6.07, 6.45) is -0.118. The molecular formula is C32H29ClF2N2O5S. The molecule has 0 bridgehead atoms. The van der Waals surface area contributed by atoms with E-state index in [4.69, 9.17) is 16.3 Å². The molecule has 0 radical (unpaired) electrons. The summed E-state index contributed by atoms with van der Waals surface area (Å²) in [6.45, 7) is 5.27. The molecule has 7 nitrogen and oxygen atoms in total. The Hall–Kier alpha value is -4.07. The Kier molecular flexibility index (Phi) is 8.16. The predicted octanol–water partition coefficient (Wildman–Crippen LogP) is 6.52. The summed E-state index contributed by atoms with van der Waals surface area (Å²) < 4.78 is 63.4. The second kappa shape index (κ2) is 11.5. The number of carbonyl (C=O) groups excluding carboxylic acids is 1. The monoisotopic (exact) mass is 626 g/mol. The van der Waals surface area contributed by atoms with Crippen LogP contribution in [0.3, 0.4) is 0 Å². The van der Waals surface area contributed by atoms with Gasteiger partial charge in [0.05, 0.1) is 22.8 Å². The third kappa shape index (κ3) is 6.05. The molecule has 0 aliphatic carbocycles. The maximum Gasteiger partial charge on any atom is 0.232 e. The molecule has 2 N–H and O–H groups in total. The second-order valence-electron chi connectivity index (χ2n) is 11.2. The number of hydrogen-bond acceptors (Lipinski definition) is 6. The Balaban J connectivity index is 1.76. The van der Waals surface area contributed by atoms with Crippen LogP contribution in [0.1, 0.15) is 44.4 Å². The van der Waals surface area contributed by atoms with Crippen LogP contribution in [0.25, 0.3) is 0 Å². The Morgan fingerprint density at radius 2 is 1.95 bits per heavy atom. The number of amides is 1. The van der Waals surface area contributed by atoms with Gasteiger partial charge in [-0.1, -0.05) is 43.5 Å². The second-order valence-corrected chi connectivity index (χ2v) is 13.6. The van der Waals surface area contributed by atoms with E-state index in [0.717, 1.165) is 18.2 Å². The van der Waals surface area contributed by atoms with Gasteiger partial charge in [-0.2, -0.15) is 0 Å². The van der Waals surface area contributed by atoms with E-state index in [1.807, 2.05) is 0 Å². The third-order valence-electron chi connectivity index (χ3n) is 7.31. The molecule has 0 saturated heterocycles. The molecule has 224 valence electrons. The van der Waals surface area contributed by atoms with E-state index in [9.17, 15) is 22.7 Å². The minimum absolute atomic E-state index is 0.00350. The number of halogens is 3. The fraction of sp³-hybridized carbons (Fsp3) is 0.281. The number of phenols is 1. The van der Waals surface area contributed by atoms with E-state index in [-0.39, 0.29) is 74.8 Å². The molecule has 3 aromatic carbocycles. The van der Waals surface area contributed by atoms with Crippen LogP contribution in [-0.2, 0) is 21.1 Å². The van der Waals surface area contributed by atoms with Crippen molar-refractivity contribution in [3.8, 4) is 23.3 Å². The highest BCUT2D eigenvalue weighted by molar-refractivity contribution is 7.95. The number of nitrogens with zero attached hydrogens (tertiary/aromatic N) is 1. The van der Waals surface area contributed by atoms with Crippen LogP contribution in [0.4, 0.5) is 20.2 Å². The lowest BCUT2D eigenvalue weighted by atomic mass is 9.88. The van der Waals surface area contributed by atoms with Gasteiger partial charge in [0.1, 0.15) is 41.5 Å². The van der Waals surface area contributed by atoms with Crippen molar-refractivity contribution in [2.45, 2.75) is 39.7 Å². The van der Waals surface area contributed by atoms with Gasteiger partial charge in [0.15, 0.2) is 9.84 Å². The fourth-order valence-corrected chi connectivity index (χ4v) is 8.18. The van der Waals surface area contributed by atoms with Crippen LogP contribution in [0, 0.1) is 28.9 Å². The average molecular weight is 627 g/mol. The largest absolute Gasteiger partial charge is 0.506 e. The average Bonchev–Trinajstić information content (AvgIpc) is 3.05. The lowest BCUT2D eigenvalue weighted by molar-refractivity contribution is -0.118. The third-order valence-corrected chi connectivity index (χ3v) is 9.96. The van der Waals surface area contributed by atoms with Crippen LogP contribution >= 0.6 is 11.6 Å². The lowest BCUT2D eigenvalue weighted by Crippen LogP contribution is -2.42. The zero-order chi connectivity index (χ0) is 31.1. The van der Waals surface area contributed by atoms with Gasteiger partial charge in [0, 0.05) is 22.3 Å². The van der Waals surface area contributed by atoms with Crippen molar-refractivity contribution < 1.29 is 31.8 Å². The quantitative estimate of drug-likeness (QED) is 0.247. The van der Waals surface area contributed by atoms with Crippen LogP contribution in [0.2, 0.25) is 5.02 Å². The molecule has 0 fully saturated rings. The van der Waals surface area contributed by atoms with Crippen molar-refractivity contribution in [2.75, 3.05) is 22.6 Å². The number of rotatable bonds is 5. The number of sulfone groups is 1. The lowest BCUT2D eigenvalue weighted by Gasteiger charge is -2.37. The normalized spacial score (nSPS) is 18.4. The highest BCUT2D eigenvalue weighted by atomic mass is 35.5. The Labute approximate surface area is 254 Å². The molecule has 0 unspecified atom stereocenters. The number of phenolic OH excluding ortho intramolecular Hbond substituents is 1. The molecule has 5 rings (SSSR count). The van der Waals surface area contributed by atoms with Crippen LogP contribution in [0.15, 0.2) is 65.2 Å². The van der Waals surface area contributed by atoms with Crippen LogP contribution < -0.4 is 15.0 Å². The minimum Gasteiger partial charge on any atom is -0.506 e. The molecule has 2 heterocycles. The highest BCUT2D eigenvalue weighted by Gasteiger charge is 2.47. The number of carbonyl (C=O) groups is 1. The molecule has 3 aromatic rings. The summed E-state index contributed by atoms with van der Waals surface area (Å²) in [5, 5.41) is 14.0. The Morgan fingerprint density at radius 1 is 1.19 bits per heavy atom. The summed E-state index contributed by atoms with van der Waals surface area (Å²) >= 11 is 6.25. The topological polar surface area (TPSA) is 95.9 Å². The zero-order valence-electron chi connectivity index (χ0n) is 23.7. The molecule has 0 aromatic heterocycles. The molecule has 11 heteroatoms. The van der Waals surface area contributed by atoms with Gasteiger partial charge in [-0.15, -0.1) is 5.92 Å². The van der Waals surface area contributed by atoms with E-state index in [1.165, 1.54) is 41.3 Å². The highest BCUT2D eigenvalue weighted by Crippen LogP contribution is 2.51. The van der Waals surface area contributed by atoms with Crippen molar-refractivity contribution in [2.24, 2.45) is 5.41 Å². The van der Waals surface area contributed by atoms with Gasteiger partial charge in [-0.25, -0.2) is 17.2 Å². The van der Waals surface area contributed by atoms with Crippen molar-refractivity contribution in [3.05, 3.63) is 93.0 Å². The smallest absolute Gasteiger partial charge is 0.232 e. The van der Waals surface area contributed by atoms with E-state index in [1.54, 1.807) is 20.8 Å². The number of para-hydroxylation sites is 1. The number of allylic oxidation sites excluding steroid dienone is 1. The molecule has 43 heavy (non-hydrogen) atoms. The Morgan fingerprint density at radius 3 is 2.65 bits per heavy atom. The molecule has 2 aliphatic heterocycles. The summed E-state index contributed by atoms with van der Waals surface area (Å²) in [4.78, 5) is 15.3. The van der Waals surface area contributed by atoms with Crippen LogP contribution in [-0.4, -0.2) is 31.8 Å². The first-order valence-electron chi connectivity index (χ1n) is 13.4. The summed E-state index contributed by atoms with van der Waals surface area (Å²) in [5.41, 5.74) is -0.0277. The molecule has 0 saturated carbocycles. The SMILES string of the molecule is CC#CCOc1ccc([C@H]2C3=C(CC(C)(C)CS3(=O)=O)Nc3c(O)cccc3N2C(=O)Cc2ccc(F)cc2Cl)c(F)c1. The number of hydrogen-bond donors (Lipinski definition) is 2. The van der Waals surface area contributed by atoms with E-state index in [2.05, 4.69) is 17.2 Å². The number of fused-ring (bicyclic) bond motifs is 1. The van der Waals surface area contributed by atoms with Gasteiger partial charge in [-0.05, 0) is 60.7 Å². The molecule has 1 amide bonds. The molecular weight excluding hydrogens is 598 g/mol. The van der Waals surface area contributed by atoms with Gasteiger partial charge < -0.3 is 15.2 Å². The molecule has 0 spiro atoms. The van der Waals surface area contributed by atoms with Gasteiger partial charge >= 0.3 is 0 Å². The van der Waals surface area contributed by atoms with Crippen molar-refractivity contribution >= 4 is 38.7 Å². The summed E-state index contributed by atoms with van der Waals surface area (Å²) in [6, 6.07) is 10.6. The Bertz CT molecular complexity index is 1830. The number of nitrogens with one attached hydrogen (secondary N) is 1. The first-order valence-corrected chi connectivity index (χ1v) is 15.5. The summed E-state index contributed by atoms with van der Waals surface area (Å²) in [7, 11) is -4.09. The molecule has 1 atom stereocenters. The van der Waals surface area contributed by atoms with Crippen LogP contribution in [0.5, 0.6) is 11.5 Å². The number of benzene rings is 3. The van der Waals surface area contributed by atoms with E-state index in [0.29, 0.717) is 0 Å².